The molecule has 0 saturated carbocycles. The van der Waals surface area contributed by atoms with E-state index >= 15 is 0 Å². The third-order valence-corrected chi connectivity index (χ3v) is 2.49. The lowest BCUT2D eigenvalue weighted by atomic mass is 10.2. The molecule has 0 spiro atoms. The van der Waals surface area contributed by atoms with Crippen molar-refractivity contribution in [1.82, 2.24) is 0 Å². The smallest absolute Gasteiger partial charge is 0.257 e. The van der Waals surface area contributed by atoms with Gasteiger partial charge in [0, 0.05) is 26.4 Å². The molecule has 2 N–H and O–H groups in total. The number of nitrogens with zero attached hydrogens (tertiary/aromatic N) is 1. The van der Waals surface area contributed by atoms with Crippen molar-refractivity contribution in [3.63, 3.8) is 0 Å². The van der Waals surface area contributed by atoms with Crippen molar-refractivity contribution in [2.75, 3.05) is 25.6 Å². The van der Waals surface area contributed by atoms with Crippen LogP contribution in [0.25, 0.3) is 0 Å². The van der Waals surface area contributed by atoms with Crippen LogP contribution in [-0.4, -0.2) is 32.7 Å². The number of likely N-dealkylation sites (N-methyl/N-ethyl adjacent to an activating group) is 1. The SMILES string of the molecule is COC(CN)C(=O)N(C)c1cccc(C)c1.Cl. The number of methoxy groups -OCH3 is 1. The summed E-state index contributed by atoms with van der Waals surface area (Å²) in [5, 5.41) is 0. The predicted octanol–water partition coefficient (Wildman–Crippen LogP) is 1.35. The molecule has 96 valence electrons. The molecule has 1 aromatic rings. The lowest BCUT2D eigenvalue weighted by Crippen LogP contribution is -2.41. The molecule has 0 aromatic heterocycles. The van der Waals surface area contributed by atoms with Gasteiger partial charge in [-0.1, -0.05) is 12.1 Å². The largest absolute Gasteiger partial charge is 0.370 e. The van der Waals surface area contributed by atoms with Gasteiger partial charge in [-0.3, -0.25) is 4.79 Å². The first-order valence-corrected chi connectivity index (χ1v) is 5.17. The average Bonchev–Trinajstić information content (AvgIpc) is 2.29. The van der Waals surface area contributed by atoms with Crippen molar-refractivity contribution in [1.29, 1.82) is 0 Å². The number of rotatable bonds is 4. The Morgan fingerprint density at radius 3 is 2.65 bits per heavy atom. The van der Waals surface area contributed by atoms with Gasteiger partial charge in [0.1, 0.15) is 6.10 Å². The normalized spacial score (nSPS) is 11.5. The number of hydrogen-bond acceptors (Lipinski definition) is 3. The molecule has 0 bridgehead atoms. The molecule has 1 aromatic carbocycles. The summed E-state index contributed by atoms with van der Waals surface area (Å²) in [7, 11) is 3.21. The fourth-order valence-corrected chi connectivity index (χ4v) is 1.48. The van der Waals surface area contributed by atoms with Gasteiger partial charge >= 0.3 is 0 Å². The molecule has 4 nitrogen and oxygen atoms in total. The first-order valence-electron chi connectivity index (χ1n) is 5.17. The summed E-state index contributed by atoms with van der Waals surface area (Å²) in [6.07, 6.45) is -0.578. The Bertz CT molecular complexity index is 367. The van der Waals surface area contributed by atoms with Crippen LogP contribution >= 0.6 is 12.4 Å². The quantitative estimate of drug-likeness (QED) is 0.887. The van der Waals surface area contributed by atoms with E-state index in [0.29, 0.717) is 0 Å². The van der Waals surface area contributed by atoms with Gasteiger partial charge < -0.3 is 15.4 Å². The van der Waals surface area contributed by atoms with Crippen molar-refractivity contribution < 1.29 is 9.53 Å². The van der Waals surface area contributed by atoms with E-state index in [0.717, 1.165) is 11.3 Å². The minimum absolute atomic E-state index is 0. The Balaban J connectivity index is 0.00000256. The van der Waals surface area contributed by atoms with E-state index in [1.54, 1.807) is 11.9 Å². The Kier molecular flexibility index (Phi) is 6.80. The zero-order chi connectivity index (χ0) is 12.1. The molecule has 1 unspecified atom stereocenters. The van der Waals surface area contributed by atoms with Gasteiger partial charge in [0.25, 0.3) is 5.91 Å². The number of carbonyl (C=O) groups is 1. The van der Waals surface area contributed by atoms with Crippen molar-refractivity contribution in [3.05, 3.63) is 29.8 Å². The molecule has 0 radical (unpaired) electrons. The maximum Gasteiger partial charge on any atom is 0.257 e. The molecule has 0 saturated heterocycles. The molecule has 0 aliphatic heterocycles. The Hall–Kier alpha value is -1.10. The van der Waals surface area contributed by atoms with E-state index in [9.17, 15) is 4.79 Å². The van der Waals surface area contributed by atoms with Crippen LogP contribution in [0.5, 0.6) is 0 Å². The summed E-state index contributed by atoms with van der Waals surface area (Å²) in [4.78, 5) is 13.5. The number of anilines is 1. The van der Waals surface area contributed by atoms with Crippen molar-refractivity contribution in [3.8, 4) is 0 Å². The van der Waals surface area contributed by atoms with Crippen molar-refractivity contribution >= 4 is 24.0 Å². The van der Waals surface area contributed by atoms with E-state index in [1.807, 2.05) is 31.2 Å². The van der Waals surface area contributed by atoms with Crippen molar-refractivity contribution in [2.24, 2.45) is 5.73 Å². The highest BCUT2D eigenvalue weighted by Crippen LogP contribution is 2.15. The molecule has 17 heavy (non-hydrogen) atoms. The van der Waals surface area contributed by atoms with Crippen LogP contribution in [0, 0.1) is 6.92 Å². The fourth-order valence-electron chi connectivity index (χ4n) is 1.48. The number of carbonyl (C=O) groups excluding carboxylic acids is 1. The summed E-state index contributed by atoms with van der Waals surface area (Å²) >= 11 is 0. The standard InChI is InChI=1S/C12H18N2O2.ClH/c1-9-5-4-6-10(7-9)14(2)12(15)11(8-13)16-3;/h4-7,11H,8,13H2,1-3H3;1H. The number of amides is 1. The van der Waals surface area contributed by atoms with Gasteiger partial charge in [-0.15, -0.1) is 12.4 Å². The maximum absolute atomic E-state index is 11.9. The van der Waals surface area contributed by atoms with Crippen LogP contribution in [-0.2, 0) is 9.53 Å². The highest BCUT2D eigenvalue weighted by Gasteiger charge is 2.20. The van der Waals surface area contributed by atoms with E-state index < -0.39 is 6.10 Å². The number of aryl methyl sites for hydroxylation is 1. The lowest BCUT2D eigenvalue weighted by molar-refractivity contribution is -0.127. The molecular weight excluding hydrogens is 240 g/mol. The number of hydrogen-bond donors (Lipinski definition) is 1. The van der Waals surface area contributed by atoms with Crippen LogP contribution in [0.4, 0.5) is 5.69 Å². The number of benzene rings is 1. The Morgan fingerprint density at radius 1 is 1.53 bits per heavy atom. The summed E-state index contributed by atoms with van der Waals surface area (Å²) in [6.45, 7) is 2.17. The molecule has 1 atom stereocenters. The maximum atomic E-state index is 11.9. The van der Waals surface area contributed by atoms with Gasteiger partial charge in [0.2, 0.25) is 0 Å². The van der Waals surface area contributed by atoms with Crippen molar-refractivity contribution in [2.45, 2.75) is 13.0 Å². The highest BCUT2D eigenvalue weighted by molar-refractivity contribution is 5.96. The number of nitrogens with two attached hydrogens (primary N) is 1. The minimum atomic E-state index is -0.578. The third-order valence-electron chi connectivity index (χ3n) is 2.49. The summed E-state index contributed by atoms with van der Waals surface area (Å²) in [5.74, 6) is -0.129. The molecule has 5 heteroatoms. The second-order valence-electron chi connectivity index (χ2n) is 3.70. The predicted molar refractivity (Wildman–Crippen MR) is 71.7 cm³/mol. The van der Waals surface area contributed by atoms with E-state index in [-0.39, 0.29) is 24.9 Å². The molecule has 1 rings (SSSR count). The van der Waals surface area contributed by atoms with Crippen LogP contribution in [0.2, 0.25) is 0 Å². The van der Waals surface area contributed by atoms with Gasteiger partial charge in [0.15, 0.2) is 0 Å². The first kappa shape index (κ1) is 15.9. The summed E-state index contributed by atoms with van der Waals surface area (Å²) in [5.41, 5.74) is 7.42. The molecular formula is C12H19ClN2O2. The van der Waals surface area contributed by atoms with Gasteiger partial charge in [-0.2, -0.15) is 0 Å². The molecule has 1 amide bonds. The first-order chi connectivity index (χ1) is 7.60. The third kappa shape index (κ3) is 4.00. The highest BCUT2D eigenvalue weighted by atomic mass is 35.5. The lowest BCUT2D eigenvalue weighted by Gasteiger charge is -2.22. The van der Waals surface area contributed by atoms with Crippen LogP contribution in [0.1, 0.15) is 5.56 Å². The van der Waals surface area contributed by atoms with Crippen LogP contribution in [0.3, 0.4) is 0 Å². The minimum Gasteiger partial charge on any atom is -0.370 e. The Labute approximate surface area is 108 Å². The summed E-state index contributed by atoms with van der Waals surface area (Å²) in [6, 6.07) is 7.73. The Morgan fingerprint density at radius 2 is 2.18 bits per heavy atom. The molecule has 0 fully saturated rings. The number of ether oxygens (including phenoxy) is 1. The molecule has 0 aliphatic rings. The van der Waals surface area contributed by atoms with Crippen LogP contribution < -0.4 is 10.6 Å². The van der Waals surface area contributed by atoms with Gasteiger partial charge in [0.05, 0.1) is 0 Å². The van der Waals surface area contributed by atoms with E-state index in [4.69, 9.17) is 10.5 Å². The van der Waals surface area contributed by atoms with Crippen LogP contribution in [0.15, 0.2) is 24.3 Å². The van der Waals surface area contributed by atoms with E-state index in [2.05, 4.69) is 0 Å². The second kappa shape index (κ2) is 7.27. The topological polar surface area (TPSA) is 55.6 Å². The fraction of sp³-hybridized carbons (Fsp3) is 0.417. The van der Waals surface area contributed by atoms with Gasteiger partial charge in [-0.25, -0.2) is 0 Å². The van der Waals surface area contributed by atoms with E-state index in [1.165, 1.54) is 7.11 Å². The number of halogens is 1. The van der Waals surface area contributed by atoms with Gasteiger partial charge in [-0.05, 0) is 24.6 Å². The zero-order valence-electron chi connectivity index (χ0n) is 10.3. The molecule has 0 aliphatic carbocycles. The molecule has 0 heterocycles. The second-order valence-corrected chi connectivity index (χ2v) is 3.70. The monoisotopic (exact) mass is 258 g/mol. The zero-order valence-corrected chi connectivity index (χ0v) is 11.2. The average molecular weight is 259 g/mol. The summed E-state index contributed by atoms with van der Waals surface area (Å²) < 4.78 is 5.02.